The lowest BCUT2D eigenvalue weighted by Crippen LogP contribution is -2.33. The Balaban J connectivity index is 1.95. The molecule has 1 N–H and O–H groups in total. The van der Waals surface area contributed by atoms with Crippen molar-refractivity contribution in [2.75, 3.05) is 0 Å². The Kier molecular flexibility index (Phi) is 7.67. The van der Waals surface area contributed by atoms with Crippen LogP contribution >= 0.6 is 0 Å². The van der Waals surface area contributed by atoms with Gasteiger partial charge in [-0.05, 0) is 23.3 Å². The number of esters is 2. The molecule has 2 aromatic carbocycles. The summed E-state index contributed by atoms with van der Waals surface area (Å²) < 4.78 is 41.6. The zero-order valence-corrected chi connectivity index (χ0v) is 15.5. The van der Waals surface area contributed by atoms with Gasteiger partial charge in [-0.15, -0.1) is 0 Å². The Morgan fingerprint density at radius 2 is 1.32 bits per heavy atom. The fraction of sp³-hybridized carbons (Fsp3) is 0.100. The first kappa shape index (κ1) is 21.1. The van der Waals surface area contributed by atoms with Crippen molar-refractivity contribution in [3.63, 3.8) is 0 Å². The summed E-state index contributed by atoms with van der Waals surface area (Å²) in [5.41, 5.74) is 1.47. The summed E-state index contributed by atoms with van der Waals surface area (Å²) in [6.07, 6.45) is 4.08. The minimum atomic E-state index is -4.86. The summed E-state index contributed by atoms with van der Waals surface area (Å²) in [6.45, 7) is 0. The van der Waals surface area contributed by atoms with Gasteiger partial charge in [-0.2, -0.15) is 8.42 Å². The summed E-state index contributed by atoms with van der Waals surface area (Å²) in [4.78, 5) is 23.8. The monoisotopic (exact) mass is 402 g/mol. The number of ether oxygens (including phenoxy) is 2. The van der Waals surface area contributed by atoms with Crippen LogP contribution in [0.1, 0.15) is 17.5 Å². The second kappa shape index (κ2) is 10.2. The second-order valence-electron chi connectivity index (χ2n) is 5.56. The summed E-state index contributed by atoms with van der Waals surface area (Å²) in [5.74, 6) is -2.31. The third-order valence-corrected chi connectivity index (χ3v) is 4.56. The van der Waals surface area contributed by atoms with E-state index in [4.69, 9.17) is 9.47 Å². The van der Waals surface area contributed by atoms with Gasteiger partial charge in [0.1, 0.15) is 0 Å². The molecule has 0 saturated carbocycles. The van der Waals surface area contributed by atoms with E-state index in [2.05, 4.69) is 0 Å². The number of rotatable bonds is 8. The van der Waals surface area contributed by atoms with Crippen molar-refractivity contribution < 1.29 is 32.0 Å². The highest BCUT2D eigenvalue weighted by Gasteiger charge is 2.35. The standard InChI is InChI=1S/C20H18O7S/c21-19(26-13-11-16-7-3-1-4-8-16)15-18(28(23,24)25)20(22)27-14-12-17-9-5-2-6-10-17/h1-14,18H,15H2,(H,23,24,25). The van der Waals surface area contributed by atoms with Gasteiger partial charge in [-0.25, -0.2) is 0 Å². The summed E-state index contributed by atoms with van der Waals surface area (Å²) in [7, 11) is -4.86. The smallest absolute Gasteiger partial charge is 0.332 e. The lowest BCUT2D eigenvalue weighted by atomic mass is 10.2. The van der Waals surface area contributed by atoms with Crippen LogP contribution in [0.3, 0.4) is 0 Å². The van der Waals surface area contributed by atoms with Gasteiger partial charge in [-0.3, -0.25) is 14.1 Å². The molecule has 2 rings (SSSR count). The SMILES string of the molecule is O=C(CC(C(=O)OC=Cc1ccccc1)S(=O)(=O)O)OC=Cc1ccccc1. The Morgan fingerprint density at radius 1 is 0.857 bits per heavy atom. The molecule has 0 amide bonds. The first-order valence-electron chi connectivity index (χ1n) is 8.16. The van der Waals surface area contributed by atoms with Gasteiger partial charge in [0, 0.05) is 0 Å². The van der Waals surface area contributed by atoms with Gasteiger partial charge < -0.3 is 9.47 Å². The zero-order chi connectivity index (χ0) is 20.4. The van der Waals surface area contributed by atoms with E-state index in [0.29, 0.717) is 5.56 Å². The van der Waals surface area contributed by atoms with Crippen molar-refractivity contribution in [1.82, 2.24) is 0 Å². The van der Waals surface area contributed by atoms with Crippen LogP contribution in [-0.4, -0.2) is 30.2 Å². The van der Waals surface area contributed by atoms with Crippen LogP contribution in [0.2, 0.25) is 0 Å². The molecule has 0 heterocycles. The van der Waals surface area contributed by atoms with Crippen LogP contribution in [0.15, 0.2) is 73.2 Å². The molecule has 0 spiro atoms. The molecule has 0 bridgehead atoms. The minimum Gasteiger partial charge on any atom is -0.434 e. The van der Waals surface area contributed by atoms with Gasteiger partial charge in [0.05, 0.1) is 18.9 Å². The lowest BCUT2D eigenvalue weighted by molar-refractivity contribution is -0.144. The normalized spacial score (nSPS) is 12.8. The molecule has 1 unspecified atom stereocenters. The molecular formula is C20H18O7S. The fourth-order valence-corrected chi connectivity index (χ4v) is 2.73. The molecule has 2 aromatic rings. The maximum absolute atomic E-state index is 12.0. The van der Waals surface area contributed by atoms with Crippen molar-refractivity contribution in [1.29, 1.82) is 0 Å². The van der Waals surface area contributed by atoms with Crippen LogP contribution in [0, 0.1) is 0 Å². The Labute approximate surface area is 162 Å². The highest BCUT2D eigenvalue weighted by molar-refractivity contribution is 7.87. The van der Waals surface area contributed by atoms with E-state index in [-0.39, 0.29) is 0 Å². The molecular weight excluding hydrogens is 384 g/mol. The van der Waals surface area contributed by atoms with E-state index in [9.17, 15) is 22.6 Å². The van der Waals surface area contributed by atoms with Gasteiger partial charge >= 0.3 is 11.9 Å². The van der Waals surface area contributed by atoms with Gasteiger partial charge in [-0.1, -0.05) is 60.7 Å². The molecule has 0 aliphatic heterocycles. The largest absolute Gasteiger partial charge is 0.434 e. The molecule has 0 fully saturated rings. The molecule has 0 aliphatic rings. The van der Waals surface area contributed by atoms with Gasteiger partial charge in [0.15, 0.2) is 5.25 Å². The summed E-state index contributed by atoms with van der Waals surface area (Å²) in [6, 6.07) is 17.7. The first-order chi connectivity index (χ1) is 13.4. The minimum absolute atomic E-state index is 0.712. The molecule has 1 atom stereocenters. The van der Waals surface area contributed by atoms with Crippen molar-refractivity contribution in [3.8, 4) is 0 Å². The zero-order valence-electron chi connectivity index (χ0n) is 14.7. The second-order valence-corrected chi connectivity index (χ2v) is 7.16. The summed E-state index contributed by atoms with van der Waals surface area (Å²) >= 11 is 0. The van der Waals surface area contributed by atoms with Gasteiger partial charge in [0.2, 0.25) is 0 Å². The Morgan fingerprint density at radius 3 is 1.79 bits per heavy atom. The molecule has 0 aliphatic carbocycles. The van der Waals surface area contributed by atoms with Crippen molar-refractivity contribution in [2.45, 2.75) is 11.7 Å². The topological polar surface area (TPSA) is 107 Å². The van der Waals surface area contributed by atoms with E-state index in [1.54, 1.807) is 54.6 Å². The van der Waals surface area contributed by atoms with Gasteiger partial charge in [0.25, 0.3) is 10.1 Å². The average Bonchev–Trinajstić information content (AvgIpc) is 2.67. The molecule has 0 saturated heterocycles. The van der Waals surface area contributed by atoms with E-state index >= 15 is 0 Å². The number of carbonyl (C=O) groups excluding carboxylic acids is 2. The number of hydrogen-bond acceptors (Lipinski definition) is 6. The maximum atomic E-state index is 12.0. The Bertz CT molecular complexity index is 949. The van der Waals surface area contributed by atoms with Crippen molar-refractivity contribution in [3.05, 3.63) is 84.3 Å². The number of benzene rings is 2. The predicted molar refractivity (Wildman–Crippen MR) is 103 cm³/mol. The molecule has 8 heteroatoms. The highest BCUT2D eigenvalue weighted by Crippen LogP contribution is 2.11. The third kappa shape index (κ3) is 7.18. The van der Waals surface area contributed by atoms with E-state index < -0.39 is 33.7 Å². The third-order valence-electron chi connectivity index (χ3n) is 3.48. The molecule has 0 radical (unpaired) electrons. The van der Waals surface area contributed by atoms with Crippen LogP contribution < -0.4 is 0 Å². The van der Waals surface area contributed by atoms with Crippen molar-refractivity contribution >= 4 is 34.2 Å². The molecule has 28 heavy (non-hydrogen) atoms. The predicted octanol–water partition coefficient (Wildman–Crippen LogP) is 3.06. The summed E-state index contributed by atoms with van der Waals surface area (Å²) in [5, 5.41) is -2.09. The van der Waals surface area contributed by atoms with E-state index in [1.807, 2.05) is 6.07 Å². The lowest BCUT2D eigenvalue weighted by Gasteiger charge is -2.10. The number of carbonyl (C=O) groups is 2. The first-order valence-corrected chi connectivity index (χ1v) is 9.66. The fourth-order valence-electron chi connectivity index (χ4n) is 2.08. The van der Waals surface area contributed by atoms with Crippen LogP contribution in [0.25, 0.3) is 12.2 Å². The van der Waals surface area contributed by atoms with Crippen LogP contribution in [-0.2, 0) is 29.2 Å². The average molecular weight is 402 g/mol. The highest BCUT2D eigenvalue weighted by atomic mass is 32.2. The van der Waals surface area contributed by atoms with Crippen molar-refractivity contribution in [2.24, 2.45) is 0 Å². The molecule has 7 nitrogen and oxygen atoms in total. The van der Waals surface area contributed by atoms with E-state index in [1.165, 1.54) is 12.2 Å². The number of hydrogen-bond donors (Lipinski definition) is 1. The van der Waals surface area contributed by atoms with Crippen LogP contribution in [0.4, 0.5) is 0 Å². The molecule has 146 valence electrons. The molecule has 0 aromatic heterocycles. The Hall–Kier alpha value is -3.23. The maximum Gasteiger partial charge on any atom is 0.332 e. The quantitative estimate of drug-likeness (QED) is 0.411. The van der Waals surface area contributed by atoms with Crippen LogP contribution in [0.5, 0.6) is 0 Å². The van der Waals surface area contributed by atoms with E-state index in [0.717, 1.165) is 18.1 Å².